The average molecular weight is 244 g/mol. The number of nitrogen functional groups attached to an aromatic ring is 1. The zero-order valence-electron chi connectivity index (χ0n) is 10.7. The first-order chi connectivity index (χ1) is 8.65. The van der Waals surface area contributed by atoms with Crippen LogP contribution in [-0.2, 0) is 0 Å². The minimum absolute atomic E-state index is 0.512. The van der Waals surface area contributed by atoms with Gasteiger partial charge in [-0.3, -0.25) is 0 Å². The molecule has 0 radical (unpaired) electrons. The molecular weight excluding hydrogens is 228 g/mol. The molecule has 0 saturated heterocycles. The van der Waals surface area contributed by atoms with Crippen LogP contribution >= 0.6 is 0 Å². The molecule has 0 saturated carbocycles. The van der Waals surface area contributed by atoms with Crippen molar-refractivity contribution in [2.75, 3.05) is 20.0 Å². The van der Waals surface area contributed by atoms with Gasteiger partial charge in [-0.1, -0.05) is 0 Å². The number of anilines is 1. The fourth-order valence-electron chi connectivity index (χ4n) is 1.89. The highest BCUT2D eigenvalue weighted by Gasteiger charge is 2.10. The summed E-state index contributed by atoms with van der Waals surface area (Å²) in [5, 5.41) is 0. The monoisotopic (exact) mass is 244 g/mol. The second-order valence-electron chi connectivity index (χ2n) is 3.94. The summed E-state index contributed by atoms with van der Waals surface area (Å²) >= 11 is 0. The Labute approximate surface area is 106 Å². The third-order valence-electron chi connectivity index (χ3n) is 2.80. The lowest BCUT2D eigenvalue weighted by atomic mass is 10.0. The molecule has 2 N–H and O–H groups in total. The number of hydrogen-bond donors (Lipinski definition) is 1. The maximum absolute atomic E-state index is 5.67. The second-order valence-corrected chi connectivity index (χ2v) is 3.94. The van der Waals surface area contributed by atoms with Crippen LogP contribution in [0.4, 0.5) is 5.82 Å². The first-order valence-electron chi connectivity index (χ1n) is 5.61. The Hall–Kier alpha value is -2.23. The van der Waals surface area contributed by atoms with Gasteiger partial charge in [0.05, 0.1) is 14.2 Å². The Morgan fingerprint density at radius 1 is 1.00 bits per heavy atom. The summed E-state index contributed by atoms with van der Waals surface area (Å²) in [5.41, 5.74) is 8.46. The van der Waals surface area contributed by atoms with Crippen LogP contribution in [0.2, 0.25) is 0 Å². The Balaban J connectivity index is 2.60. The van der Waals surface area contributed by atoms with E-state index in [9.17, 15) is 0 Å². The molecule has 0 aliphatic rings. The van der Waals surface area contributed by atoms with Crippen molar-refractivity contribution in [3.8, 4) is 22.6 Å². The molecule has 0 unspecified atom stereocenters. The summed E-state index contributed by atoms with van der Waals surface area (Å²) in [7, 11) is 3.28. The molecule has 0 atom stereocenters. The highest BCUT2D eigenvalue weighted by atomic mass is 16.5. The number of ether oxygens (including phenoxy) is 2. The van der Waals surface area contributed by atoms with Crippen LogP contribution in [0.15, 0.2) is 30.3 Å². The Kier molecular flexibility index (Phi) is 3.37. The summed E-state index contributed by atoms with van der Waals surface area (Å²) in [4.78, 5) is 4.26. The fraction of sp³-hybridized carbons (Fsp3) is 0.214. The van der Waals surface area contributed by atoms with Gasteiger partial charge in [-0.25, -0.2) is 4.98 Å². The van der Waals surface area contributed by atoms with Gasteiger partial charge in [-0.15, -0.1) is 0 Å². The van der Waals surface area contributed by atoms with Gasteiger partial charge < -0.3 is 15.2 Å². The summed E-state index contributed by atoms with van der Waals surface area (Å²) < 4.78 is 10.6. The molecule has 94 valence electrons. The molecule has 0 spiro atoms. The molecule has 1 aromatic heterocycles. The Morgan fingerprint density at radius 3 is 2.39 bits per heavy atom. The quantitative estimate of drug-likeness (QED) is 0.901. The van der Waals surface area contributed by atoms with Gasteiger partial charge in [0.15, 0.2) is 0 Å². The van der Waals surface area contributed by atoms with Crippen LogP contribution in [0.5, 0.6) is 11.5 Å². The number of hydrogen-bond acceptors (Lipinski definition) is 4. The van der Waals surface area contributed by atoms with Gasteiger partial charge in [0.25, 0.3) is 0 Å². The van der Waals surface area contributed by atoms with E-state index < -0.39 is 0 Å². The SMILES string of the molecule is COc1ccc(OC)c(-c2ccc(N)nc2C)c1. The average Bonchev–Trinajstić information content (AvgIpc) is 2.38. The minimum atomic E-state index is 0.512. The van der Waals surface area contributed by atoms with Crippen molar-refractivity contribution in [1.82, 2.24) is 4.98 Å². The van der Waals surface area contributed by atoms with E-state index in [2.05, 4.69) is 4.98 Å². The molecule has 4 nitrogen and oxygen atoms in total. The van der Waals surface area contributed by atoms with E-state index in [-0.39, 0.29) is 0 Å². The lowest BCUT2D eigenvalue weighted by Crippen LogP contribution is -1.96. The lowest BCUT2D eigenvalue weighted by Gasteiger charge is -2.12. The van der Waals surface area contributed by atoms with Crippen LogP contribution in [0, 0.1) is 6.92 Å². The third kappa shape index (κ3) is 2.22. The highest BCUT2D eigenvalue weighted by Crippen LogP contribution is 2.34. The normalized spacial score (nSPS) is 10.2. The summed E-state index contributed by atoms with van der Waals surface area (Å²) in [6.07, 6.45) is 0. The summed E-state index contributed by atoms with van der Waals surface area (Å²) in [6.45, 7) is 1.92. The predicted octanol–water partition coefficient (Wildman–Crippen LogP) is 2.66. The van der Waals surface area contributed by atoms with E-state index in [4.69, 9.17) is 15.2 Å². The van der Waals surface area contributed by atoms with Crippen LogP contribution in [0.1, 0.15) is 5.69 Å². The minimum Gasteiger partial charge on any atom is -0.497 e. The fourth-order valence-corrected chi connectivity index (χ4v) is 1.89. The first kappa shape index (κ1) is 12.2. The zero-order valence-corrected chi connectivity index (χ0v) is 10.7. The van der Waals surface area contributed by atoms with Gasteiger partial charge in [0.2, 0.25) is 0 Å². The van der Waals surface area contributed by atoms with Crippen molar-refractivity contribution in [3.05, 3.63) is 36.0 Å². The molecule has 0 aliphatic heterocycles. The molecule has 0 aliphatic carbocycles. The van der Waals surface area contributed by atoms with Crippen molar-refractivity contribution >= 4 is 5.82 Å². The lowest BCUT2D eigenvalue weighted by molar-refractivity contribution is 0.404. The van der Waals surface area contributed by atoms with Crippen molar-refractivity contribution in [1.29, 1.82) is 0 Å². The molecule has 0 amide bonds. The van der Waals surface area contributed by atoms with Gasteiger partial charge >= 0.3 is 0 Å². The van der Waals surface area contributed by atoms with Gasteiger partial charge in [0, 0.05) is 16.8 Å². The van der Waals surface area contributed by atoms with Gasteiger partial charge in [-0.05, 0) is 37.3 Å². The van der Waals surface area contributed by atoms with E-state index >= 15 is 0 Å². The molecule has 0 fully saturated rings. The standard InChI is InChI=1S/C14H16N2O2/c1-9-11(5-7-14(15)16-9)12-8-10(17-2)4-6-13(12)18-3/h4-8H,1-3H3,(H2,15,16). The molecule has 2 aromatic rings. The van der Waals surface area contributed by atoms with E-state index in [1.807, 2.05) is 31.2 Å². The number of nitrogens with zero attached hydrogens (tertiary/aromatic N) is 1. The third-order valence-corrected chi connectivity index (χ3v) is 2.80. The second kappa shape index (κ2) is 4.96. The molecule has 2 rings (SSSR count). The topological polar surface area (TPSA) is 57.4 Å². The molecule has 1 aromatic carbocycles. The molecule has 0 bridgehead atoms. The Morgan fingerprint density at radius 2 is 1.78 bits per heavy atom. The van der Waals surface area contributed by atoms with Gasteiger partial charge in [0.1, 0.15) is 17.3 Å². The van der Waals surface area contributed by atoms with Crippen LogP contribution < -0.4 is 15.2 Å². The summed E-state index contributed by atoms with van der Waals surface area (Å²) in [6, 6.07) is 9.39. The van der Waals surface area contributed by atoms with E-state index in [0.717, 1.165) is 28.3 Å². The van der Waals surface area contributed by atoms with E-state index in [1.54, 1.807) is 20.3 Å². The number of benzene rings is 1. The smallest absolute Gasteiger partial charge is 0.127 e. The molecule has 1 heterocycles. The van der Waals surface area contributed by atoms with E-state index in [0.29, 0.717) is 5.82 Å². The number of nitrogens with two attached hydrogens (primary N) is 1. The number of rotatable bonds is 3. The summed E-state index contributed by atoms with van der Waals surface area (Å²) in [5.74, 6) is 2.07. The highest BCUT2D eigenvalue weighted by molar-refractivity contribution is 5.74. The maximum atomic E-state index is 5.67. The molecule has 4 heteroatoms. The van der Waals surface area contributed by atoms with Crippen LogP contribution in [0.3, 0.4) is 0 Å². The van der Waals surface area contributed by atoms with Crippen molar-refractivity contribution in [2.45, 2.75) is 6.92 Å². The number of aromatic nitrogens is 1. The first-order valence-corrected chi connectivity index (χ1v) is 5.61. The number of methoxy groups -OCH3 is 2. The van der Waals surface area contributed by atoms with E-state index in [1.165, 1.54) is 0 Å². The maximum Gasteiger partial charge on any atom is 0.127 e. The Bertz CT molecular complexity index is 568. The predicted molar refractivity (Wildman–Crippen MR) is 71.9 cm³/mol. The zero-order chi connectivity index (χ0) is 13.1. The van der Waals surface area contributed by atoms with Gasteiger partial charge in [-0.2, -0.15) is 0 Å². The van der Waals surface area contributed by atoms with Crippen LogP contribution in [-0.4, -0.2) is 19.2 Å². The number of pyridine rings is 1. The molecular formula is C14H16N2O2. The molecule has 18 heavy (non-hydrogen) atoms. The van der Waals surface area contributed by atoms with Crippen molar-refractivity contribution in [2.24, 2.45) is 0 Å². The van der Waals surface area contributed by atoms with Crippen molar-refractivity contribution < 1.29 is 9.47 Å². The largest absolute Gasteiger partial charge is 0.497 e. The van der Waals surface area contributed by atoms with Crippen molar-refractivity contribution in [3.63, 3.8) is 0 Å². The number of aryl methyl sites for hydroxylation is 1. The van der Waals surface area contributed by atoms with Crippen LogP contribution in [0.25, 0.3) is 11.1 Å².